The molecular formula is C17H11N3OS. The van der Waals surface area contributed by atoms with Gasteiger partial charge in [-0.1, -0.05) is 12.1 Å². The first-order valence-corrected chi connectivity index (χ1v) is 7.41. The van der Waals surface area contributed by atoms with Gasteiger partial charge in [0, 0.05) is 11.8 Å². The molecule has 3 aromatic rings. The minimum Gasteiger partial charge on any atom is -0.323 e. The Balaban J connectivity index is 1.69. The van der Waals surface area contributed by atoms with Gasteiger partial charge >= 0.3 is 0 Å². The zero-order valence-electron chi connectivity index (χ0n) is 11.5. The van der Waals surface area contributed by atoms with E-state index in [-0.39, 0.29) is 5.91 Å². The molecule has 0 atom stereocenters. The van der Waals surface area contributed by atoms with Crippen molar-refractivity contribution in [1.82, 2.24) is 4.98 Å². The summed E-state index contributed by atoms with van der Waals surface area (Å²) in [6.45, 7) is 0. The first-order valence-electron chi connectivity index (χ1n) is 6.59. The van der Waals surface area contributed by atoms with Crippen LogP contribution in [0.5, 0.6) is 0 Å². The molecule has 0 fully saturated rings. The number of benzene rings is 2. The summed E-state index contributed by atoms with van der Waals surface area (Å²) < 4.78 is 1.09. The molecule has 0 bridgehead atoms. The quantitative estimate of drug-likeness (QED) is 0.748. The number of hydrogen-bond donors (Lipinski definition) is 1. The number of carbonyl (C=O) groups excluding carboxylic acids is 1. The Kier molecular flexibility index (Phi) is 3.95. The number of aromatic nitrogens is 1. The fourth-order valence-electron chi connectivity index (χ4n) is 1.92. The van der Waals surface area contributed by atoms with Crippen molar-refractivity contribution in [1.29, 1.82) is 5.26 Å². The minimum atomic E-state index is -0.232. The molecule has 1 heterocycles. The lowest BCUT2D eigenvalue weighted by molar-refractivity contribution is -0.111. The summed E-state index contributed by atoms with van der Waals surface area (Å²) in [5.74, 6) is -0.232. The fraction of sp³-hybridized carbons (Fsp3) is 0. The third-order valence-corrected chi connectivity index (χ3v) is 3.97. The molecule has 0 saturated heterocycles. The van der Waals surface area contributed by atoms with Gasteiger partial charge in [-0.05, 0) is 42.5 Å². The monoisotopic (exact) mass is 305 g/mol. The van der Waals surface area contributed by atoms with Crippen LogP contribution in [0.1, 0.15) is 10.6 Å². The van der Waals surface area contributed by atoms with E-state index in [1.54, 1.807) is 30.3 Å². The number of thiazole rings is 1. The van der Waals surface area contributed by atoms with Crippen LogP contribution in [0.2, 0.25) is 0 Å². The van der Waals surface area contributed by atoms with Crippen molar-refractivity contribution >= 4 is 39.2 Å². The van der Waals surface area contributed by atoms with Crippen LogP contribution in [0.15, 0.2) is 54.6 Å². The molecule has 0 spiro atoms. The number of nitriles is 1. The smallest absolute Gasteiger partial charge is 0.248 e. The second kappa shape index (κ2) is 6.20. The van der Waals surface area contributed by atoms with E-state index in [0.29, 0.717) is 11.3 Å². The van der Waals surface area contributed by atoms with E-state index in [9.17, 15) is 4.79 Å². The third kappa shape index (κ3) is 3.19. The summed E-state index contributed by atoms with van der Waals surface area (Å²) in [6.07, 6.45) is 3.15. The van der Waals surface area contributed by atoms with Gasteiger partial charge in [0.15, 0.2) is 0 Å². The zero-order valence-corrected chi connectivity index (χ0v) is 12.3. The maximum atomic E-state index is 11.9. The van der Waals surface area contributed by atoms with Gasteiger partial charge in [0.25, 0.3) is 0 Å². The zero-order chi connectivity index (χ0) is 15.4. The van der Waals surface area contributed by atoms with Gasteiger partial charge in [0.1, 0.15) is 5.01 Å². The molecule has 4 nitrogen and oxygen atoms in total. The Morgan fingerprint density at radius 2 is 1.95 bits per heavy atom. The number of para-hydroxylation sites is 1. The number of amides is 1. The summed E-state index contributed by atoms with van der Waals surface area (Å²) in [5, 5.41) is 12.3. The highest BCUT2D eigenvalue weighted by Crippen LogP contribution is 2.22. The van der Waals surface area contributed by atoms with Crippen molar-refractivity contribution in [2.75, 3.05) is 5.32 Å². The topological polar surface area (TPSA) is 65.8 Å². The number of rotatable bonds is 3. The Morgan fingerprint density at radius 1 is 1.18 bits per heavy atom. The van der Waals surface area contributed by atoms with Crippen LogP contribution in [-0.2, 0) is 4.79 Å². The second-order valence-corrected chi connectivity index (χ2v) is 5.59. The van der Waals surface area contributed by atoms with Gasteiger partial charge in [-0.2, -0.15) is 5.26 Å². The summed E-state index contributed by atoms with van der Waals surface area (Å²) in [4.78, 5) is 16.3. The van der Waals surface area contributed by atoms with Gasteiger partial charge in [0.2, 0.25) is 5.91 Å². The Bertz CT molecular complexity index is 855. The molecule has 0 unspecified atom stereocenters. The van der Waals surface area contributed by atoms with Gasteiger partial charge in [-0.3, -0.25) is 4.79 Å². The summed E-state index contributed by atoms with van der Waals surface area (Å²) in [6, 6.07) is 16.6. The van der Waals surface area contributed by atoms with Crippen molar-refractivity contribution in [3.05, 3.63) is 65.2 Å². The highest BCUT2D eigenvalue weighted by molar-refractivity contribution is 7.19. The lowest BCUT2D eigenvalue weighted by Gasteiger charge is -2.00. The molecule has 0 aliphatic carbocycles. The first kappa shape index (κ1) is 14.0. The molecule has 0 saturated carbocycles. The number of nitrogens with zero attached hydrogens (tertiary/aromatic N) is 2. The maximum Gasteiger partial charge on any atom is 0.248 e. The molecule has 1 N–H and O–H groups in total. The largest absolute Gasteiger partial charge is 0.323 e. The van der Waals surface area contributed by atoms with Crippen LogP contribution in [-0.4, -0.2) is 10.9 Å². The van der Waals surface area contributed by atoms with Gasteiger partial charge < -0.3 is 5.32 Å². The fourth-order valence-corrected chi connectivity index (χ4v) is 2.79. The molecular weight excluding hydrogens is 294 g/mol. The highest BCUT2D eigenvalue weighted by Gasteiger charge is 2.01. The average molecular weight is 305 g/mol. The van der Waals surface area contributed by atoms with Crippen molar-refractivity contribution in [3.8, 4) is 6.07 Å². The molecule has 5 heteroatoms. The SMILES string of the molecule is N#Cc1ccc(NC(=O)C=Cc2nc3ccccc3s2)cc1. The summed E-state index contributed by atoms with van der Waals surface area (Å²) in [7, 11) is 0. The van der Waals surface area contributed by atoms with Crippen molar-refractivity contribution < 1.29 is 4.79 Å². The van der Waals surface area contributed by atoms with E-state index >= 15 is 0 Å². The number of fused-ring (bicyclic) bond motifs is 1. The van der Waals surface area contributed by atoms with E-state index in [1.807, 2.05) is 30.3 Å². The number of anilines is 1. The van der Waals surface area contributed by atoms with E-state index < -0.39 is 0 Å². The third-order valence-electron chi connectivity index (χ3n) is 2.97. The predicted molar refractivity (Wildman–Crippen MR) is 88.4 cm³/mol. The molecule has 0 aliphatic rings. The highest BCUT2D eigenvalue weighted by atomic mass is 32.1. The Morgan fingerprint density at radius 3 is 2.68 bits per heavy atom. The number of carbonyl (C=O) groups is 1. The van der Waals surface area contributed by atoms with E-state index in [1.165, 1.54) is 17.4 Å². The number of hydrogen-bond acceptors (Lipinski definition) is 4. The minimum absolute atomic E-state index is 0.232. The van der Waals surface area contributed by atoms with Crippen LogP contribution in [0, 0.1) is 11.3 Å². The predicted octanol–water partition coefficient (Wildman–Crippen LogP) is 3.82. The Labute approximate surface area is 131 Å². The van der Waals surface area contributed by atoms with E-state index in [0.717, 1.165) is 15.2 Å². The normalized spacial score (nSPS) is 10.7. The number of nitrogens with one attached hydrogen (secondary N) is 1. The lowest BCUT2D eigenvalue weighted by atomic mass is 10.2. The first-order chi connectivity index (χ1) is 10.7. The van der Waals surface area contributed by atoms with Gasteiger partial charge in [-0.25, -0.2) is 4.98 Å². The van der Waals surface area contributed by atoms with E-state index in [4.69, 9.17) is 5.26 Å². The van der Waals surface area contributed by atoms with Crippen molar-refractivity contribution in [2.45, 2.75) is 0 Å². The van der Waals surface area contributed by atoms with Crippen LogP contribution in [0.25, 0.3) is 16.3 Å². The molecule has 106 valence electrons. The maximum absolute atomic E-state index is 11.9. The van der Waals surface area contributed by atoms with Crippen LogP contribution in [0.4, 0.5) is 5.69 Å². The van der Waals surface area contributed by atoms with Crippen LogP contribution in [0.3, 0.4) is 0 Å². The van der Waals surface area contributed by atoms with Crippen molar-refractivity contribution in [3.63, 3.8) is 0 Å². The van der Waals surface area contributed by atoms with Crippen LogP contribution >= 0.6 is 11.3 Å². The summed E-state index contributed by atoms with van der Waals surface area (Å²) >= 11 is 1.54. The van der Waals surface area contributed by atoms with Crippen molar-refractivity contribution in [2.24, 2.45) is 0 Å². The lowest BCUT2D eigenvalue weighted by Crippen LogP contribution is -2.07. The molecule has 22 heavy (non-hydrogen) atoms. The van der Waals surface area contributed by atoms with Crippen LogP contribution < -0.4 is 5.32 Å². The molecule has 2 aromatic carbocycles. The van der Waals surface area contributed by atoms with Gasteiger partial charge in [0.05, 0.1) is 21.8 Å². The second-order valence-electron chi connectivity index (χ2n) is 4.53. The standard InChI is InChI=1S/C17H11N3OS/c18-11-12-5-7-13(8-6-12)19-16(21)9-10-17-20-14-3-1-2-4-15(14)22-17/h1-10H,(H,19,21). The Hall–Kier alpha value is -2.97. The molecule has 3 rings (SSSR count). The molecule has 0 radical (unpaired) electrons. The molecule has 1 aromatic heterocycles. The molecule has 1 amide bonds. The average Bonchev–Trinajstić information content (AvgIpc) is 2.96. The molecule has 0 aliphatic heterocycles. The summed E-state index contributed by atoms with van der Waals surface area (Å²) in [5.41, 5.74) is 2.14. The van der Waals surface area contributed by atoms with E-state index in [2.05, 4.69) is 10.3 Å². The van der Waals surface area contributed by atoms with Gasteiger partial charge in [-0.15, -0.1) is 11.3 Å².